The van der Waals surface area contributed by atoms with E-state index in [2.05, 4.69) is 15.5 Å². The normalized spacial score (nSPS) is 10.4. The van der Waals surface area contributed by atoms with E-state index in [1.165, 1.54) is 31.4 Å². The van der Waals surface area contributed by atoms with Gasteiger partial charge in [0.2, 0.25) is 0 Å². The topological polar surface area (TPSA) is 104 Å². The molecule has 3 aromatic rings. The van der Waals surface area contributed by atoms with Crippen molar-refractivity contribution in [3.63, 3.8) is 0 Å². The van der Waals surface area contributed by atoms with Crippen LogP contribution in [0.25, 0.3) is 11.3 Å². The predicted molar refractivity (Wildman–Crippen MR) is 91.9 cm³/mol. The number of nitrogens with one attached hydrogen (secondary N) is 2. The van der Waals surface area contributed by atoms with E-state index in [0.717, 1.165) is 6.07 Å². The maximum Gasteiger partial charge on any atom is 0.335 e. The molecule has 0 saturated heterocycles. The van der Waals surface area contributed by atoms with E-state index in [1.807, 2.05) is 0 Å². The molecule has 0 radical (unpaired) electrons. The molecule has 132 valence electrons. The van der Waals surface area contributed by atoms with E-state index < -0.39 is 17.7 Å². The maximum absolute atomic E-state index is 13.9. The van der Waals surface area contributed by atoms with Gasteiger partial charge in [-0.15, -0.1) is 0 Å². The summed E-state index contributed by atoms with van der Waals surface area (Å²) in [6.07, 6.45) is 0. The van der Waals surface area contributed by atoms with Crippen LogP contribution in [0.3, 0.4) is 0 Å². The summed E-state index contributed by atoms with van der Waals surface area (Å²) in [7, 11) is 1.41. The Morgan fingerprint density at radius 1 is 1.15 bits per heavy atom. The van der Waals surface area contributed by atoms with Crippen molar-refractivity contribution in [2.75, 3.05) is 12.4 Å². The van der Waals surface area contributed by atoms with Crippen LogP contribution < -0.4 is 10.1 Å². The molecule has 0 atom stereocenters. The van der Waals surface area contributed by atoms with Gasteiger partial charge in [0.25, 0.3) is 5.91 Å². The van der Waals surface area contributed by atoms with Gasteiger partial charge in [-0.25, -0.2) is 9.18 Å². The third-order valence-corrected chi connectivity index (χ3v) is 3.68. The number of amides is 1. The molecule has 3 rings (SSSR count). The molecule has 0 spiro atoms. The van der Waals surface area contributed by atoms with Gasteiger partial charge < -0.3 is 15.2 Å². The number of H-pyrrole nitrogens is 1. The molecule has 2 aromatic carbocycles. The van der Waals surface area contributed by atoms with Crippen LogP contribution in [0.2, 0.25) is 0 Å². The first kappa shape index (κ1) is 17.2. The Morgan fingerprint density at radius 3 is 2.50 bits per heavy atom. The zero-order chi connectivity index (χ0) is 18.7. The van der Waals surface area contributed by atoms with Crippen LogP contribution in [0.5, 0.6) is 5.75 Å². The quantitative estimate of drug-likeness (QED) is 0.652. The molecule has 3 N–H and O–H groups in total. The lowest BCUT2D eigenvalue weighted by Crippen LogP contribution is -2.14. The number of nitrogens with zero attached hydrogens (tertiary/aromatic N) is 1. The third-order valence-electron chi connectivity index (χ3n) is 3.68. The van der Waals surface area contributed by atoms with E-state index in [0.29, 0.717) is 17.0 Å². The summed E-state index contributed by atoms with van der Waals surface area (Å²) in [6.45, 7) is 0. The Morgan fingerprint density at radius 2 is 1.88 bits per heavy atom. The van der Waals surface area contributed by atoms with Gasteiger partial charge in [-0.05, 0) is 29.8 Å². The fraction of sp³-hybridized carbons (Fsp3) is 0.0556. The first-order chi connectivity index (χ1) is 12.5. The summed E-state index contributed by atoms with van der Waals surface area (Å²) in [5, 5.41) is 18.1. The zero-order valence-electron chi connectivity index (χ0n) is 13.6. The summed E-state index contributed by atoms with van der Waals surface area (Å²) >= 11 is 0. The second kappa shape index (κ2) is 7.06. The number of hydrogen-bond donors (Lipinski definition) is 3. The van der Waals surface area contributed by atoms with Gasteiger partial charge in [0.1, 0.15) is 11.6 Å². The lowest BCUT2D eigenvalue weighted by atomic mass is 10.1. The smallest absolute Gasteiger partial charge is 0.335 e. The summed E-state index contributed by atoms with van der Waals surface area (Å²) in [6, 6.07) is 11.6. The molecular weight excluding hydrogens is 341 g/mol. The number of carbonyl (C=O) groups excluding carboxylic acids is 1. The lowest BCUT2D eigenvalue weighted by Gasteiger charge is -2.05. The van der Waals surface area contributed by atoms with Gasteiger partial charge in [-0.3, -0.25) is 9.89 Å². The first-order valence-electron chi connectivity index (χ1n) is 7.52. The Bertz CT molecular complexity index is 967. The maximum atomic E-state index is 13.9. The molecule has 0 aliphatic carbocycles. The van der Waals surface area contributed by atoms with Crippen molar-refractivity contribution >= 4 is 17.7 Å². The average molecular weight is 355 g/mol. The van der Waals surface area contributed by atoms with Gasteiger partial charge in [0.15, 0.2) is 5.82 Å². The molecule has 1 aromatic heterocycles. The fourth-order valence-electron chi connectivity index (χ4n) is 2.32. The minimum Gasteiger partial charge on any atom is -0.497 e. The van der Waals surface area contributed by atoms with E-state index >= 15 is 0 Å². The number of aromatic carboxylic acids is 1. The van der Waals surface area contributed by atoms with Crippen LogP contribution >= 0.6 is 0 Å². The van der Waals surface area contributed by atoms with Crippen molar-refractivity contribution in [2.45, 2.75) is 0 Å². The number of carboxylic acid groups (broad SMARTS) is 1. The zero-order valence-corrected chi connectivity index (χ0v) is 13.6. The summed E-state index contributed by atoms with van der Waals surface area (Å²) in [5.41, 5.74) is 1.30. The molecule has 0 saturated carbocycles. The van der Waals surface area contributed by atoms with E-state index in [9.17, 15) is 14.0 Å². The monoisotopic (exact) mass is 355 g/mol. The highest BCUT2D eigenvalue weighted by atomic mass is 19.1. The Hall–Kier alpha value is -3.68. The van der Waals surface area contributed by atoms with Gasteiger partial charge >= 0.3 is 5.97 Å². The van der Waals surface area contributed by atoms with Crippen molar-refractivity contribution in [3.8, 4) is 17.0 Å². The molecule has 0 unspecified atom stereocenters. The van der Waals surface area contributed by atoms with Crippen LogP contribution in [0.1, 0.15) is 20.7 Å². The Balaban J connectivity index is 1.75. The van der Waals surface area contributed by atoms with E-state index in [4.69, 9.17) is 9.84 Å². The van der Waals surface area contributed by atoms with Crippen LogP contribution in [0.15, 0.2) is 48.5 Å². The van der Waals surface area contributed by atoms with Gasteiger partial charge in [0, 0.05) is 12.1 Å². The molecule has 0 bridgehead atoms. The first-order valence-corrected chi connectivity index (χ1v) is 7.52. The molecule has 8 heteroatoms. The summed E-state index contributed by atoms with van der Waals surface area (Å²) in [5.74, 6) is -1.85. The molecule has 0 aliphatic heterocycles. The highest BCUT2D eigenvalue weighted by Crippen LogP contribution is 2.22. The van der Waals surface area contributed by atoms with Crippen molar-refractivity contribution in [1.29, 1.82) is 0 Å². The van der Waals surface area contributed by atoms with Crippen molar-refractivity contribution in [3.05, 3.63) is 65.5 Å². The number of benzene rings is 2. The van der Waals surface area contributed by atoms with Crippen molar-refractivity contribution < 1.29 is 23.8 Å². The number of carboxylic acids is 1. The van der Waals surface area contributed by atoms with Crippen LogP contribution in [-0.2, 0) is 0 Å². The number of halogens is 1. The molecule has 1 amide bonds. The standard InChI is InChI=1S/C18H14FN3O4/c1-26-12-6-7-13(14(19)8-12)17(23)20-16-9-15(21-22-16)10-2-4-11(5-3-10)18(24)25/h2-9H,1H3,(H,24,25)(H2,20,21,22,23). The molecule has 7 nitrogen and oxygen atoms in total. The number of carbonyl (C=O) groups is 2. The Labute approximate surface area is 147 Å². The van der Waals surface area contributed by atoms with Gasteiger partial charge in [0.05, 0.1) is 23.9 Å². The third kappa shape index (κ3) is 3.54. The van der Waals surface area contributed by atoms with E-state index in [1.54, 1.807) is 18.2 Å². The van der Waals surface area contributed by atoms with E-state index in [-0.39, 0.29) is 16.9 Å². The Kier molecular flexibility index (Phi) is 4.66. The number of aromatic amines is 1. The summed E-state index contributed by atoms with van der Waals surface area (Å²) in [4.78, 5) is 23.1. The number of anilines is 1. The highest BCUT2D eigenvalue weighted by Gasteiger charge is 2.14. The molecule has 0 aliphatic rings. The highest BCUT2D eigenvalue weighted by molar-refractivity contribution is 6.04. The van der Waals surface area contributed by atoms with Gasteiger partial charge in [-0.2, -0.15) is 5.10 Å². The minimum absolute atomic E-state index is 0.138. The van der Waals surface area contributed by atoms with Crippen LogP contribution in [0.4, 0.5) is 10.2 Å². The number of methoxy groups -OCH3 is 1. The van der Waals surface area contributed by atoms with Crippen LogP contribution in [0, 0.1) is 5.82 Å². The molecule has 1 heterocycles. The second-order valence-corrected chi connectivity index (χ2v) is 5.35. The minimum atomic E-state index is -1.02. The summed E-state index contributed by atoms with van der Waals surface area (Å²) < 4.78 is 18.8. The fourth-order valence-corrected chi connectivity index (χ4v) is 2.32. The predicted octanol–water partition coefficient (Wildman–Crippen LogP) is 3.17. The number of rotatable bonds is 5. The molecular formula is C18H14FN3O4. The number of aromatic nitrogens is 2. The number of ether oxygens (including phenoxy) is 1. The average Bonchev–Trinajstić information content (AvgIpc) is 3.09. The van der Waals surface area contributed by atoms with Crippen molar-refractivity contribution in [1.82, 2.24) is 10.2 Å². The number of hydrogen-bond acceptors (Lipinski definition) is 4. The van der Waals surface area contributed by atoms with Crippen LogP contribution in [-0.4, -0.2) is 34.3 Å². The molecule has 26 heavy (non-hydrogen) atoms. The second-order valence-electron chi connectivity index (χ2n) is 5.35. The largest absolute Gasteiger partial charge is 0.497 e. The lowest BCUT2D eigenvalue weighted by molar-refractivity contribution is 0.0696. The van der Waals surface area contributed by atoms with Gasteiger partial charge in [-0.1, -0.05) is 12.1 Å². The molecule has 0 fully saturated rings. The SMILES string of the molecule is COc1ccc(C(=O)Nc2cc(-c3ccc(C(=O)O)cc3)[nH]n2)c(F)c1. The van der Waals surface area contributed by atoms with Crippen molar-refractivity contribution in [2.24, 2.45) is 0 Å².